The molecule has 0 radical (unpaired) electrons. The van der Waals surface area contributed by atoms with Gasteiger partial charge in [0.2, 0.25) is 0 Å². The van der Waals surface area contributed by atoms with E-state index in [1.807, 2.05) is 6.92 Å². The van der Waals surface area contributed by atoms with Crippen LogP contribution in [0.3, 0.4) is 0 Å². The number of nitrogens with zero attached hydrogens (tertiary/aromatic N) is 1. The summed E-state index contributed by atoms with van der Waals surface area (Å²) in [6.45, 7) is 2.48. The van der Waals surface area contributed by atoms with Gasteiger partial charge in [-0.15, -0.1) is 0 Å². The molecule has 0 bridgehead atoms. The number of nitriles is 1. The quantitative estimate of drug-likeness (QED) is 0.837. The molecule has 0 saturated carbocycles. The number of hydrogen-bond donors (Lipinski definition) is 1. The van der Waals surface area contributed by atoms with Gasteiger partial charge in [0.1, 0.15) is 0 Å². The summed E-state index contributed by atoms with van der Waals surface area (Å²) in [4.78, 5) is 0. The van der Waals surface area contributed by atoms with Gasteiger partial charge in [-0.1, -0.05) is 6.92 Å². The van der Waals surface area contributed by atoms with Gasteiger partial charge in [-0.05, 0) is 18.5 Å². The zero-order chi connectivity index (χ0) is 12.1. The number of hydrogen-bond acceptors (Lipinski definition) is 4. The normalized spacial score (nSPS) is 11.7. The van der Waals surface area contributed by atoms with Crippen molar-refractivity contribution in [2.45, 2.75) is 12.8 Å². The highest BCUT2D eigenvalue weighted by atomic mass is 16.5. The van der Waals surface area contributed by atoms with Crippen LogP contribution in [-0.2, 0) is 0 Å². The molecule has 0 amide bonds. The average molecular weight is 220 g/mol. The van der Waals surface area contributed by atoms with Crippen LogP contribution < -0.4 is 15.2 Å². The van der Waals surface area contributed by atoms with E-state index in [2.05, 4.69) is 6.07 Å². The fourth-order valence-electron chi connectivity index (χ4n) is 1.55. The van der Waals surface area contributed by atoms with Crippen molar-refractivity contribution in [2.24, 2.45) is 5.73 Å². The summed E-state index contributed by atoms with van der Waals surface area (Å²) in [7, 11) is 3.13. The Bertz CT molecular complexity index is 410. The molecule has 0 aliphatic heterocycles. The van der Waals surface area contributed by atoms with E-state index in [4.69, 9.17) is 20.5 Å². The van der Waals surface area contributed by atoms with Gasteiger partial charge in [-0.3, -0.25) is 0 Å². The van der Waals surface area contributed by atoms with Crippen molar-refractivity contribution in [1.82, 2.24) is 0 Å². The molecule has 0 aliphatic rings. The third kappa shape index (κ3) is 2.26. The minimum atomic E-state index is 0.122. The topological polar surface area (TPSA) is 68.3 Å². The molecule has 16 heavy (non-hydrogen) atoms. The van der Waals surface area contributed by atoms with Crippen molar-refractivity contribution in [3.05, 3.63) is 23.3 Å². The molecule has 1 rings (SSSR count). The first kappa shape index (κ1) is 12.3. The smallest absolute Gasteiger partial charge is 0.164 e. The summed E-state index contributed by atoms with van der Waals surface area (Å²) in [5.41, 5.74) is 7.08. The Hall–Kier alpha value is -1.73. The molecule has 1 aromatic rings. The Kier molecular flexibility index (Phi) is 4.15. The molecule has 2 N–H and O–H groups in total. The predicted octanol–water partition coefficient (Wildman–Crippen LogP) is 1.64. The first-order valence-corrected chi connectivity index (χ1v) is 5.04. The van der Waals surface area contributed by atoms with Crippen LogP contribution in [0.4, 0.5) is 0 Å². The highest BCUT2D eigenvalue weighted by molar-refractivity contribution is 5.53. The molecular formula is C12H16N2O2. The third-order valence-electron chi connectivity index (χ3n) is 2.52. The second-order valence-electron chi connectivity index (χ2n) is 3.55. The molecule has 0 heterocycles. The van der Waals surface area contributed by atoms with Gasteiger partial charge in [0.15, 0.2) is 11.5 Å². The maximum Gasteiger partial charge on any atom is 0.164 e. The highest BCUT2D eigenvalue weighted by Crippen LogP contribution is 2.36. The molecule has 1 atom stereocenters. The molecule has 0 spiro atoms. The lowest BCUT2D eigenvalue weighted by molar-refractivity contribution is 0.350. The summed E-state index contributed by atoms with van der Waals surface area (Å²) in [6.07, 6.45) is 0. The van der Waals surface area contributed by atoms with Crippen LogP contribution in [-0.4, -0.2) is 20.8 Å². The predicted molar refractivity (Wildman–Crippen MR) is 61.7 cm³/mol. The van der Waals surface area contributed by atoms with Crippen molar-refractivity contribution in [2.75, 3.05) is 20.8 Å². The zero-order valence-corrected chi connectivity index (χ0v) is 9.78. The summed E-state index contributed by atoms with van der Waals surface area (Å²) in [6, 6.07) is 5.54. The van der Waals surface area contributed by atoms with Crippen LogP contribution in [0.15, 0.2) is 12.1 Å². The van der Waals surface area contributed by atoms with E-state index in [0.29, 0.717) is 23.6 Å². The van der Waals surface area contributed by atoms with Crippen LogP contribution in [0.2, 0.25) is 0 Å². The number of ether oxygens (including phenoxy) is 2. The number of rotatable bonds is 4. The SMILES string of the molecule is COc1cc(C#N)cc(C(C)CN)c1OC. The second-order valence-corrected chi connectivity index (χ2v) is 3.55. The molecular weight excluding hydrogens is 204 g/mol. The number of nitrogens with two attached hydrogens (primary N) is 1. The van der Waals surface area contributed by atoms with Crippen molar-refractivity contribution in [3.63, 3.8) is 0 Å². The molecule has 4 heteroatoms. The van der Waals surface area contributed by atoms with E-state index in [0.717, 1.165) is 5.56 Å². The fourth-order valence-corrected chi connectivity index (χ4v) is 1.55. The van der Waals surface area contributed by atoms with Crippen LogP contribution in [0.1, 0.15) is 24.0 Å². The van der Waals surface area contributed by atoms with Crippen molar-refractivity contribution in [3.8, 4) is 17.6 Å². The Morgan fingerprint density at radius 2 is 2.06 bits per heavy atom. The summed E-state index contributed by atoms with van der Waals surface area (Å²) in [5.74, 6) is 1.34. The first-order chi connectivity index (χ1) is 7.67. The highest BCUT2D eigenvalue weighted by Gasteiger charge is 2.16. The first-order valence-electron chi connectivity index (χ1n) is 5.04. The molecule has 0 saturated heterocycles. The monoisotopic (exact) mass is 220 g/mol. The van der Waals surface area contributed by atoms with E-state index >= 15 is 0 Å². The van der Waals surface area contributed by atoms with E-state index < -0.39 is 0 Å². The van der Waals surface area contributed by atoms with Crippen molar-refractivity contribution in [1.29, 1.82) is 5.26 Å². The summed E-state index contributed by atoms with van der Waals surface area (Å²) >= 11 is 0. The van der Waals surface area contributed by atoms with Crippen LogP contribution >= 0.6 is 0 Å². The molecule has 0 aromatic heterocycles. The Morgan fingerprint density at radius 1 is 1.38 bits per heavy atom. The van der Waals surface area contributed by atoms with E-state index in [1.54, 1.807) is 26.4 Å². The standard InChI is InChI=1S/C12H16N2O2/c1-8(6-13)10-4-9(7-14)5-11(15-2)12(10)16-3/h4-5,8H,6,13H2,1-3H3. The maximum atomic E-state index is 8.92. The molecule has 1 aromatic carbocycles. The number of benzene rings is 1. The average Bonchev–Trinajstić information content (AvgIpc) is 2.35. The molecule has 1 unspecified atom stereocenters. The molecule has 0 aliphatic carbocycles. The van der Waals surface area contributed by atoms with Crippen LogP contribution in [0.25, 0.3) is 0 Å². The van der Waals surface area contributed by atoms with Crippen LogP contribution in [0, 0.1) is 11.3 Å². The minimum absolute atomic E-state index is 0.122. The second kappa shape index (κ2) is 5.38. The Morgan fingerprint density at radius 3 is 2.50 bits per heavy atom. The van der Waals surface area contributed by atoms with Gasteiger partial charge in [-0.2, -0.15) is 5.26 Å². The van der Waals surface area contributed by atoms with Gasteiger partial charge < -0.3 is 15.2 Å². The number of methoxy groups -OCH3 is 2. The van der Waals surface area contributed by atoms with Gasteiger partial charge >= 0.3 is 0 Å². The lowest BCUT2D eigenvalue weighted by Gasteiger charge is -2.17. The molecule has 4 nitrogen and oxygen atoms in total. The minimum Gasteiger partial charge on any atom is -0.493 e. The van der Waals surface area contributed by atoms with E-state index in [-0.39, 0.29) is 5.92 Å². The summed E-state index contributed by atoms with van der Waals surface area (Å²) in [5, 5.41) is 8.92. The molecule has 0 fully saturated rings. The largest absolute Gasteiger partial charge is 0.493 e. The Balaban J connectivity index is 3.38. The maximum absolute atomic E-state index is 8.92. The van der Waals surface area contributed by atoms with Crippen molar-refractivity contribution < 1.29 is 9.47 Å². The van der Waals surface area contributed by atoms with Crippen molar-refractivity contribution >= 4 is 0 Å². The van der Waals surface area contributed by atoms with E-state index in [1.165, 1.54) is 0 Å². The summed E-state index contributed by atoms with van der Waals surface area (Å²) < 4.78 is 10.5. The Labute approximate surface area is 95.6 Å². The lowest BCUT2D eigenvalue weighted by Crippen LogP contribution is -2.11. The third-order valence-corrected chi connectivity index (χ3v) is 2.52. The lowest BCUT2D eigenvalue weighted by atomic mass is 9.97. The van der Waals surface area contributed by atoms with Gasteiger partial charge in [0.05, 0.1) is 25.9 Å². The van der Waals surface area contributed by atoms with Gasteiger partial charge in [0, 0.05) is 11.6 Å². The van der Waals surface area contributed by atoms with Gasteiger partial charge in [0.25, 0.3) is 0 Å². The van der Waals surface area contributed by atoms with E-state index in [9.17, 15) is 0 Å². The fraction of sp³-hybridized carbons (Fsp3) is 0.417. The van der Waals surface area contributed by atoms with Crippen LogP contribution in [0.5, 0.6) is 11.5 Å². The molecule has 86 valence electrons. The zero-order valence-electron chi connectivity index (χ0n) is 9.78. The van der Waals surface area contributed by atoms with Gasteiger partial charge in [-0.25, -0.2) is 0 Å².